The van der Waals surface area contributed by atoms with Gasteiger partial charge in [-0.25, -0.2) is 0 Å². The van der Waals surface area contributed by atoms with E-state index in [1.807, 2.05) is 0 Å². The molecule has 0 fully saturated rings. The molecule has 0 aliphatic carbocycles. The predicted molar refractivity (Wildman–Crippen MR) is 122 cm³/mol. The molecule has 2 aromatic carbocycles. The molecule has 1 N–H and O–H groups in total. The number of aryl methyl sites for hydroxylation is 2. The van der Waals surface area contributed by atoms with Gasteiger partial charge in [0.1, 0.15) is 11.5 Å². The van der Waals surface area contributed by atoms with Crippen LogP contribution in [0.3, 0.4) is 0 Å². The van der Waals surface area contributed by atoms with Gasteiger partial charge in [-0.05, 0) is 59.5 Å². The van der Waals surface area contributed by atoms with Gasteiger partial charge in [-0.2, -0.15) is 0 Å². The Morgan fingerprint density at radius 2 is 1.36 bits per heavy atom. The normalized spacial score (nSPS) is 12.3. The zero-order valence-electron chi connectivity index (χ0n) is 18.8. The van der Waals surface area contributed by atoms with Crippen LogP contribution in [0.4, 0.5) is 0 Å². The first-order valence-corrected chi connectivity index (χ1v) is 11.8. The molecule has 0 aromatic heterocycles. The summed E-state index contributed by atoms with van der Waals surface area (Å²) in [6, 6.07) is 9.56. The van der Waals surface area contributed by atoms with Crippen molar-refractivity contribution in [2.75, 3.05) is 0 Å². The molecule has 0 atom stereocenters. The Bertz CT molecular complexity index is 845. The second-order valence-corrected chi connectivity index (χ2v) is 11.8. The van der Waals surface area contributed by atoms with Crippen LogP contribution in [-0.2, 0) is 10.8 Å². The fraction of sp³-hybridized carbons (Fsp3) is 0.500. The quantitative estimate of drug-likeness (QED) is 0.525. The zero-order chi connectivity index (χ0) is 21.3. The molecule has 28 heavy (non-hydrogen) atoms. The van der Waals surface area contributed by atoms with E-state index in [-0.39, 0.29) is 10.8 Å². The van der Waals surface area contributed by atoms with E-state index in [0.29, 0.717) is 15.5 Å². The first-order valence-electron chi connectivity index (χ1n) is 9.91. The highest BCUT2D eigenvalue weighted by molar-refractivity contribution is 7.99. The van der Waals surface area contributed by atoms with Crippen LogP contribution in [0.1, 0.15) is 70.7 Å². The summed E-state index contributed by atoms with van der Waals surface area (Å²) in [4.78, 5) is 1.96. The molecule has 0 saturated heterocycles. The van der Waals surface area contributed by atoms with Gasteiger partial charge >= 0.3 is 9.76 Å². The van der Waals surface area contributed by atoms with Crippen molar-refractivity contribution in [3.05, 3.63) is 46.5 Å². The van der Waals surface area contributed by atoms with E-state index < -0.39 is 0 Å². The average molecular weight is 415 g/mol. The van der Waals surface area contributed by atoms with Crippen molar-refractivity contribution >= 4 is 21.5 Å². The fourth-order valence-electron chi connectivity index (χ4n) is 3.14. The maximum absolute atomic E-state index is 11.0. The van der Waals surface area contributed by atoms with Crippen molar-refractivity contribution in [3.8, 4) is 11.5 Å². The summed E-state index contributed by atoms with van der Waals surface area (Å²) in [5, 5.41) is 11.0. The monoisotopic (exact) mass is 414 g/mol. The molecule has 152 valence electrons. The second kappa shape index (κ2) is 8.54. The summed E-state index contributed by atoms with van der Waals surface area (Å²) in [7, 11) is 0.429. The smallest absolute Gasteiger partial charge is 0.310 e. The Morgan fingerprint density at radius 1 is 0.857 bits per heavy atom. The van der Waals surface area contributed by atoms with Gasteiger partial charge in [0.05, 0.1) is 9.79 Å². The Morgan fingerprint density at radius 3 is 1.86 bits per heavy atom. The summed E-state index contributed by atoms with van der Waals surface area (Å²) in [5.74, 6) is 1.34. The first kappa shape index (κ1) is 22.9. The van der Waals surface area contributed by atoms with Crippen LogP contribution in [0.2, 0.25) is 6.04 Å². The van der Waals surface area contributed by atoms with Crippen LogP contribution in [0, 0.1) is 13.8 Å². The van der Waals surface area contributed by atoms with Crippen molar-refractivity contribution in [1.82, 2.24) is 0 Å². The van der Waals surface area contributed by atoms with Gasteiger partial charge in [0.25, 0.3) is 0 Å². The summed E-state index contributed by atoms with van der Waals surface area (Å²) < 4.78 is 6.26. The summed E-state index contributed by atoms with van der Waals surface area (Å²) >= 11 is 1.61. The second-order valence-electron chi connectivity index (χ2n) is 9.50. The Labute approximate surface area is 178 Å². The number of benzene rings is 2. The summed E-state index contributed by atoms with van der Waals surface area (Å²) in [5.41, 5.74) is 4.45. The predicted octanol–water partition coefficient (Wildman–Crippen LogP) is 7.19. The number of phenols is 1. The third kappa shape index (κ3) is 5.35. The van der Waals surface area contributed by atoms with Crippen molar-refractivity contribution in [3.63, 3.8) is 0 Å². The van der Waals surface area contributed by atoms with E-state index in [9.17, 15) is 5.11 Å². The van der Waals surface area contributed by atoms with E-state index >= 15 is 0 Å². The van der Waals surface area contributed by atoms with E-state index in [2.05, 4.69) is 86.6 Å². The van der Waals surface area contributed by atoms with Gasteiger partial charge < -0.3 is 9.53 Å². The van der Waals surface area contributed by atoms with Crippen LogP contribution in [-0.4, -0.2) is 14.9 Å². The van der Waals surface area contributed by atoms with E-state index in [1.54, 1.807) is 11.8 Å². The molecule has 2 radical (unpaired) electrons. The van der Waals surface area contributed by atoms with Crippen LogP contribution in [0.15, 0.2) is 34.1 Å². The number of hydrogen-bond acceptors (Lipinski definition) is 3. The zero-order valence-corrected chi connectivity index (χ0v) is 20.6. The molecule has 2 rings (SSSR count). The molecule has 0 aliphatic heterocycles. The molecular formula is C24H34O2SSi. The lowest BCUT2D eigenvalue weighted by Crippen LogP contribution is -2.15. The number of phenolic OH excluding ortho intramolecular Hbond substituents is 1. The molecule has 2 nitrogen and oxygen atoms in total. The minimum absolute atomic E-state index is 0.0138. The van der Waals surface area contributed by atoms with Crippen LogP contribution < -0.4 is 4.43 Å². The maximum atomic E-state index is 11.0. The van der Waals surface area contributed by atoms with E-state index in [1.165, 1.54) is 11.1 Å². The highest BCUT2D eigenvalue weighted by Gasteiger charge is 2.25. The lowest BCUT2D eigenvalue weighted by Gasteiger charge is -2.26. The molecule has 0 heterocycles. The number of hydrogen-bond donors (Lipinski definition) is 1. The highest BCUT2D eigenvalue weighted by Crippen LogP contribution is 2.47. The van der Waals surface area contributed by atoms with Crippen LogP contribution in [0.25, 0.3) is 0 Å². The van der Waals surface area contributed by atoms with Crippen LogP contribution in [0.5, 0.6) is 11.5 Å². The van der Waals surface area contributed by atoms with Crippen molar-refractivity contribution in [2.24, 2.45) is 0 Å². The number of rotatable bonds is 5. The topological polar surface area (TPSA) is 29.5 Å². The summed E-state index contributed by atoms with van der Waals surface area (Å²) in [6.45, 7) is 19.4. The van der Waals surface area contributed by atoms with Crippen molar-refractivity contribution < 1.29 is 9.53 Å². The first-order chi connectivity index (χ1) is 12.8. The Balaban J connectivity index is 2.63. The van der Waals surface area contributed by atoms with Gasteiger partial charge in [-0.1, -0.05) is 72.4 Å². The maximum Gasteiger partial charge on any atom is 0.310 e. The molecule has 0 amide bonds. The largest absolute Gasteiger partial charge is 0.540 e. The van der Waals surface area contributed by atoms with Gasteiger partial charge in [-0.3, -0.25) is 0 Å². The summed E-state index contributed by atoms with van der Waals surface area (Å²) in [6.07, 6.45) is 0. The molecule has 2 aromatic rings. The SMILES string of the molecule is CC[Si]Oc1c(Sc2cc(C)cc(C(C)(C)C)c2O)cc(C)cc1C(C)(C)C. The molecule has 0 aliphatic rings. The third-order valence-corrected chi connectivity index (χ3v) is 6.26. The van der Waals surface area contributed by atoms with Gasteiger partial charge in [0, 0.05) is 5.56 Å². The minimum Gasteiger partial charge on any atom is -0.540 e. The van der Waals surface area contributed by atoms with Crippen molar-refractivity contribution in [1.29, 1.82) is 0 Å². The van der Waals surface area contributed by atoms with Gasteiger partial charge in [-0.15, -0.1) is 0 Å². The van der Waals surface area contributed by atoms with Gasteiger partial charge in [0.15, 0.2) is 0 Å². The lowest BCUT2D eigenvalue weighted by atomic mass is 9.85. The Hall–Kier alpha value is -1.39. The standard InChI is InChI=1S/C24H34O2SSi/c1-10-28-26-22-18(24(7,8)9)12-16(3)14-20(22)27-19-13-15(2)11-17(21(19)25)23(4,5)6/h11-14,25H,10H2,1-9H3. The molecule has 0 saturated carbocycles. The number of aromatic hydroxyl groups is 1. The third-order valence-electron chi connectivity index (χ3n) is 4.57. The molecule has 0 unspecified atom stereocenters. The Kier molecular flexibility index (Phi) is 6.98. The average Bonchev–Trinajstić information content (AvgIpc) is 2.54. The molecular weight excluding hydrogens is 380 g/mol. The fourth-order valence-corrected chi connectivity index (χ4v) is 4.90. The van der Waals surface area contributed by atoms with Crippen LogP contribution >= 0.6 is 11.8 Å². The molecule has 4 heteroatoms. The highest BCUT2D eigenvalue weighted by atomic mass is 32.2. The van der Waals surface area contributed by atoms with Crippen molar-refractivity contribution in [2.45, 2.75) is 89.0 Å². The van der Waals surface area contributed by atoms with Gasteiger partial charge in [0.2, 0.25) is 0 Å². The molecule has 0 spiro atoms. The minimum atomic E-state index is -0.114. The van der Waals surface area contributed by atoms with E-state index in [0.717, 1.165) is 32.7 Å². The lowest BCUT2D eigenvalue weighted by molar-refractivity contribution is 0.434. The molecule has 0 bridgehead atoms. The van der Waals surface area contributed by atoms with E-state index in [4.69, 9.17) is 4.43 Å².